The summed E-state index contributed by atoms with van der Waals surface area (Å²) in [4.78, 5) is 22.3. The molecule has 0 unspecified atom stereocenters. The molecule has 7 nitrogen and oxygen atoms in total. The maximum Gasteiger partial charge on any atom is 0.333 e. The van der Waals surface area contributed by atoms with Gasteiger partial charge in [0.15, 0.2) is 23.8 Å². The number of hydrogen-bond acceptors (Lipinski definition) is 6. The normalized spacial score (nSPS) is 31.3. The van der Waals surface area contributed by atoms with E-state index in [2.05, 4.69) is 39.1 Å². The van der Waals surface area contributed by atoms with E-state index in [9.17, 15) is 24.9 Å². The first kappa shape index (κ1) is 23.0. The lowest BCUT2D eigenvalue weighted by Crippen LogP contribution is -2.50. The van der Waals surface area contributed by atoms with Gasteiger partial charge in [0.05, 0.1) is 5.69 Å². The molecule has 1 aromatic rings. The van der Waals surface area contributed by atoms with Crippen LogP contribution in [0.4, 0.5) is 5.69 Å². The molecule has 5 atom stereocenters. The van der Waals surface area contributed by atoms with Crippen LogP contribution in [0.3, 0.4) is 0 Å². The number of rotatable bonds is 6. The summed E-state index contributed by atoms with van der Waals surface area (Å²) in [6.45, 7) is 8.85. The monoisotopic (exact) mass is 431 g/mol. The molecule has 2 aliphatic rings. The quantitative estimate of drug-likeness (QED) is 0.150. The fraction of sp³-hybridized carbons (Fsp3) is 0.583. The van der Waals surface area contributed by atoms with E-state index in [1.807, 2.05) is 0 Å². The highest BCUT2D eigenvalue weighted by Gasteiger charge is 2.53. The molecule has 0 saturated heterocycles. The van der Waals surface area contributed by atoms with Gasteiger partial charge in [-0.3, -0.25) is 0 Å². The number of aliphatic carboxylic acids is 1. The highest BCUT2D eigenvalue weighted by Crippen LogP contribution is 2.62. The molecule has 0 aromatic heterocycles. The summed E-state index contributed by atoms with van der Waals surface area (Å²) in [7, 11) is 0. The molecule has 170 valence electrons. The average molecular weight is 432 g/mol. The first-order chi connectivity index (χ1) is 14.5. The molecule has 1 saturated carbocycles. The van der Waals surface area contributed by atoms with Crippen LogP contribution in [-0.2, 0) is 16.0 Å². The second-order valence-corrected chi connectivity index (χ2v) is 9.77. The molecule has 0 spiro atoms. The zero-order valence-corrected chi connectivity index (χ0v) is 18.6. The summed E-state index contributed by atoms with van der Waals surface area (Å²) in [5.74, 6) is -1.99. The van der Waals surface area contributed by atoms with Gasteiger partial charge in [0.1, 0.15) is 5.75 Å². The Kier molecular flexibility index (Phi) is 6.00. The van der Waals surface area contributed by atoms with E-state index < -0.39 is 23.5 Å². The van der Waals surface area contributed by atoms with Crippen molar-refractivity contribution in [3.8, 4) is 17.2 Å². The molecule has 5 N–H and O–H groups in total. The number of aldehydes is 1. The summed E-state index contributed by atoms with van der Waals surface area (Å²) in [6, 6.07) is -0.543. The SMILES string of the molecule is CC1=CCC[C@H]2[C@](C)(Cc3c(O)c(O)cc(N[C@@H](C=O)C(=O)O)c3O)[C@@H](C)CC[C@]12C. The predicted octanol–water partition coefficient (Wildman–Crippen LogP) is 4.21. The van der Waals surface area contributed by atoms with Crippen molar-refractivity contribution < 1.29 is 30.0 Å². The van der Waals surface area contributed by atoms with Crippen molar-refractivity contribution in [1.29, 1.82) is 0 Å². The third-order valence-electron chi connectivity index (χ3n) is 8.22. The molecule has 3 rings (SSSR count). The molecule has 0 heterocycles. The summed E-state index contributed by atoms with van der Waals surface area (Å²) in [5, 5.41) is 43.4. The Hall–Kier alpha value is -2.70. The van der Waals surface area contributed by atoms with E-state index in [0.29, 0.717) is 18.3 Å². The van der Waals surface area contributed by atoms with Crippen LogP contribution in [0.15, 0.2) is 17.7 Å². The molecule has 0 radical (unpaired) electrons. The summed E-state index contributed by atoms with van der Waals surface area (Å²) in [5.41, 5.74) is 1.22. The van der Waals surface area contributed by atoms with Crippen molar-refractivity contribution in [2.75, 3.05) is 5.32 Å². The number of carboxylic acid groups (broad SMARTS) is 1. The Balaban J connectivity index is 2.05. The van der Waals surface area contributed by atoms with Gasteiger partial charge in [0, 0.05) is 11.6 Å². The smallest absolute Gasteiger partial charge is 0.333 e. The number of carbonyl (C=O) groups excluding carboxylic acids is 1. The van der Waals surface area contributed by atoms with E-state index in [0.717, 1.165) is 31.7 Å². The van der Waals surface area contributed by atoms with Crippen molar-refractivity contribution in [2.45, 2.75) is 65.8 Å². The molecule has 7 heteroatoms. The average Bonchev–Trinajstić information content (AvgIpc) is 2.71. The number of phenols is 3. The lowest BCUT2D eigenvalue weighted by molar-refractivity contribution is -0.139. The molecule has 1 aromatic carbocycles. The molecule has 0 amide bonds. The number of anilines is 1. The fourth-order valence-electron chi connectivity index (χ4n) is 5.89. The maximum atomic E-state index is 11.2. The second kappa shape index (κ2) is 8.09. The summed E-state index contributed by atoms with van der Waals surface area (Å²) in [6.07, 6.45) is 6.92. The predicted molar refractivity (Wildman–Crippen MR) is 117 cm³/mol. The molecule has 0 bridgehead atoms. The Morgan fingerprint density at radius 1 is 1.26 bits per heavy atom. The highest BCUT2D eigenvalue weighted by atomic mass is 16.4. The van der Waals surface area contributed by atoms with Crippen molar-refractivity contribution in [3.63, 3.8) is 0 Å². The van der Waals surface area contributed by atoms with Crippen molar-refractivity contribution in [3.05, 3.63) is 23.3 Å². The van der Waals surface area contributed by atoms with E-state index in [-0.39, 0.29) is 34.1 Å². The van der Waals surface area contributed by atoms with Gasteiger partial charge in [-0.1, -0.05) is 32.4 Å². The van der Waals surface area contributed by atoms with E-state index in [1.165, 1.54) is 5.57 Å². The summed E-state index contributed by atoms with van der Waals surface area (Å²) < 4.78 is 0. The number of allylic oxidation sites excluding steroid dienone is 2. The standard InChI is InChI=1S/C24H33NO6/c1-13-6-5-7-19-23(13,3)9-8-14(2)24(19,4)11-15-20(28)16(10-18(27)21(15)29)25-17(12-26)22(30)31/h6,10,12,14,17,19,25,27-29H,5,7-9,11H2,1-4H3,(H,30,31)/t14-,17-,19+,23+,24+/m0/s1. The highest BCUT2D eigenvalue weighted by molar-refractivity contribution is 5.94. The Labute approximate surface area is 182 Å². The third-order valence-corrected chi connectivity index (χ3v) is 8.22. The molecular weight excluding hydrogens is 398 g/mol. The van der Waals surface area contributed by atoms with E-state index in [4.69, 9.17) is 5.11 Å². The van der Waals surface area contributed by atoms with Gasteiger partial charge in [-0.25, -0.2) is 4.79 Å². The van der Waals surface area contributed by atoms with Crippen LogP contribution in [-0.4, -0.2) is 38.7 Å². The van der Waals surface area contributed by atoms with Crippen LogP contribution >= 0.6 is 0 Å². The molecule has 2 aliphatic carbocycles. The van der Waals surface area contributed by atoms with Crippen LogP contribution in [0.1, 0.15) is 58.9 Å². The van der Waals surface area contributed by atoms with Crippen molar-refractivity contribution >= 4 is 17.9 Å². The molecule has 31 heavy (non-hydrogen) atoms. The topological polar surface area (TPSA) is 127 Å². The number of hydrogen-bond donors (Lipinski definition) is 5. The van der Waals surface area contributed by atoms with E-state index in [1.54, 1.807) is 0 Å². The number of nitrogens with one attached hydrogen (secondary N) is 1. The fourth-order valence-corrected chi connectivity index (χ4v) is 5.89. The second-order valence-electron chi connectivity index (χ2n) is 9.77. The minimum atomic E-state index is -1.58. The van der Waals surface area contributed by atoms with Crippen LogP contribution in [0.25, 0.3) is 0 Å². The van der Waals surface area contributed by atoms with Gasteiger partial charge in [0.25, 0.3) is 0 Å². The first-order valence-corrected chi connectivity index (χ1v) is 10.8. The zero-order chi connectivity index (χ0) is 23.1. The van der Waals surface area contributed by atoms with Crippen LogP contribution in [0.2, 0.25) is 0 Å². The Bertz CT molecular complexity index is 925. The van der Waals surface area contributed by atoms with Gasteiger partial charge in [0.2, 0.25) is 0 Å². The first-order valence-electron chi connectivity index (χ1n) is 10.8. The third kappa shape index (κ3) is 3.75. The molecule has 0 aliphatic heterocycles. The van der Waals surface area contributed by atoms with Gasteiger partial charge in [-0.2, -0.15) is 0 Å². The number of carbonyl (C=O) groups is 2. The Morgan fingerprint density at radius 2 is 1.94 bits per heavy atom. The minimum Gasteiger partial charge on any atom is -0.505 e. The van der Waals surface area contributed by atoms with E-state index >= 15 is 0 Å². The van der Waals surface area contributed by atoms with Crippen LogP contribution in [0, 0.1) is 22.7 Å². The van der Waals surface area contributed by atoms with Gasteiger partial charge in [-0.15, -0.1) is 0 Å². The maximum absolute atomic E-state index is 11.2. The number of fused-ring (bicyclic) bond motifs is 1. The molecule has 1 fully saturated rings. The number of aromatic hydroxyl groups is 3. The van der Waals surface area contributed by atoms with Crippen LogP contribution < -0.4 is 5.32 Å². The lowest BCUT2D eigenvalue weighted by Gasteiger charge is -2.58. The van der Waals surface area contributed by atoms with Crippen molar-refractivity contribution in [1.82, 2.24) is 0 Å². The Morgan fingerprint density at radius 3 is 2.55 bits per heavy atom. The van der Waals surface area contributed by atoms with Crippen LogP contribution in [0.5, 0.6) is 17.2 Å². The van der Waals surface area contributed by atoms with Gasteiger partial charge >= 0.3 is 5.97 Å². The largest absolute Gasteiger partial charge is 0.505 e. The van der Waals surface area contributed by atoms with Gasteiger partial charge < -0.3 is 30.5 Å². The lowest BCUT2D eigenvalue weighted by atomic mass is 9.47. The van der Waals surface area contributed by atoms with Crippen molar-refractivity contribution in [2.24, 2.45) is 22.7 Å². The number of carboxylic acids is 1. The number of benzene rings is 1. The van der Waals surface area contributed by atoms with Gasteiger partial charge in [-0.05, 0) is 61.7 Å². The zero-order valence-electron chi connectivity index (χ0n) is 18.6. The minimum absolute atomic E-state index is 0.0363. The summed E-state index contributed by atoms with van der Waals surface area (Å²) >= 11 is 0. The molecular formula is C24H33NO6. The number of phenolic OH excluding ortho intramolecular Hbond substituents is 3.